The highest BCUT2D eigenvalue weighted by Crippen LogP contribution is 2.43. The van der Waals surface area contributed by atoms with Crippen LogP contribution in [0, 0.1) is 19.7 Å². The van der Waals surface area contributed by atoms with Gasteiger partial charge in [0.15, 0.2) is 11.6 Å². The number of fused-ring (bicyclic) bond motifs is 1. The number of hydrogen-bond donors (Lipinski definition) is 1. The number of ether oxygens (including phenoxy) is 2. The molecule has 0 bridgehead atoms. The van der Waals surface area contributed by atoms with E-state index in [9.17, 15) is 18.3 Å². The fraction of sp³-hybridized carbons (Fsp3) is 0.406. The molecule has 2 aliphatic rings. The Kier molecular flexibility index (Phi) is 10.0. The number of hydrogen-bond acceptors (Lipinski definition) is 6. The van der Waals surface area contributed by atoms with Crippen molar-refractivity contribution < 1.29 is 32.2 Å². The van der Waals surface area contributed by atoms with Gasteiger partial charge in [0.05, 0.1) is 18.8 Å². The number of sulfone groups is 1. The maximum absolute atomic E-state index is 15.4. The van der Waals surface area contributed by atoms with E-state index in [-0.39, 0.29) is 36.6 Å². The lowest BCUT2D eigenvalue weighted by Crippen LogP contribution is -2.16. The Morgan fingerprint density at radius 2 is 2.02 bits per heavy atom. The first-order valence-electron chi connectivity index (χ1n) is 13.7. The van der Waals surface area contributed by atoms with E-state index in [0.29, 0.717) is 24.8 Å². The second kappa shape index (κ2) is 13.3. The molecule has 220 valence electrons. The normalized spacial score (nSPS) is 19.9. The van der Waals surface area contributed by atoms with Crippen molar-refractivity contribution in [3.63, 3.8) is 0 Å². The number of carboxylic acids is 1. The first-order valence-corrected chi connectivity index (χ1v) is 16.8. The number of benzene rings is 2. The van der Waals surface area contributed by atoms with E-state index in [1.165, 1.54) is 6.26 Å². The molecule has 1 heterocycles. The Hall–Kier alpha value is -3.04. The summed E-state index contributed by atoms with van der Waals surface area (Å²) in [5.74, 6) is 0.438. The maximum atomic E-state index is 15.4. The molecule has 0 fully saturated rings. The van der Waals surface area contributed by atoms with Crippen molar-refractivity contribution in [3.05, 3.63) is 82.7 Å². The third-order valence-electron chi connectivity index (χ3n) is 7.38. The summed E-state index contributed by atoms with van der Waals surface area (Å²) in [5.41, 5.74) is 4.94. The largest absolute Gasteiger partial charge is 0.490 e. The van der Waals surface area contributed by atoms with Crippen LogP contribution in [0.2, 0.25) is 0 Å². The summed E-state index contributed by atoms with van der Waals surface area (Å²) in [4.78, 5) is 12.3. The number of carbonyl (C=O) groups is 1. The Balaban J connectivity index is 1.43. The number of allylic oxidation sites excluding steroid dienone is 4. The molecule has 1 unspecified atom stereocenters. The van der Waals surface area contributed by atoms with Gasteiger partial charge in [0.1, 0.15) is 21.7 Å². The van der Waals surface area contributed by atoms with Crippen LogP contribution in [0.1, 0.15) is 60.3 Å². The molecular formula is C32H37FO6S2. The third-order valence-corrected chi connectivity index (χ3v) is 9.65. The standard InChI is InChI=1S/C32H37FO6S2/c1-20-10-11-24(39-25-12-13-27-23(17-30(34)35)19-40-29(27)18-25)8-5-6-9-26(20)31-21(2)16-28(32(33)22(31)3)38-14-7-15-41(4,36)37/h5-6,9,12-13,16,18,23-24H,1,7-8,10-11,14-15,17,19H2,2-4H3,(H,34,35)/b6-5-,26-9?/t23-,24?/m1/s1. The van der Waals surface area contributed by atoms with E-state index in [1.54, 1.807) is 24.8 Å². The molecule has 0 spiro atoms. The van der Waals surface area contributed by atoms with Gasteiger partial charge in [-0.15, -0.1) is 11.8 Å². The fourth-order valence-corrected chi connectivity index (χ4v) is 7.24. The summed E-state index contributed by atoms with van der Waals surface area (Å²) >= 11 is 1.67. The summed E-state index contributed by atoms with van der Waals surface area (Å²) in [6.07, 6.45) is 9.62. The van der Waals surface area contributed by atoms with Crippen LogP contribution in [-0.2, 0) is 14.6 Å². The molecule has 9 heteroatoms. The molecule has 4 rings (SSSR count). The van der Waals surface area contributed by atoms with Crippen molar-refractivity contribution in [2.45, 2.75) is 62.9 Å². The van der Waals surface area contributed by atoms with Crippen molar-refractivity contribution >= 4 is 33.1 Å². The molecule has 0 saturated heterocycles. The van der Waals surface area contributed by atoms with Gasteiger partial charge >= 0.3 is 5.97 Å². The first kappa shape index (κ1) is 30.9. The number of aliphatic carboxylic acids is 1. The van der Waals surface area contributed by atoms with E-state index >= 15 is 4.39 Å². The number of carboxylic acid groups (broad SMARTS) is 1. The Labute approximate surface area is 246 Å². The van der Waals surface area contributed by atoms with E-state index in [2.05, 4.69) is 12.7 Å². The molecule has 41 heavy (non-hydrogen) atoms. The van der Waals surface area contributed by atoms with Crippen molar-refractivity contribution in [1.82, 2.24) is 0 Å². The zero-order valence-corrected chi connectivity index (χ0v) is 25.4. The molecule has 0 aromatic heterocycles. The Morgan fingerprint density at radius 3 is 2.76 bits per heavy atom. The van der Waals surface area contributed by atoms with Crippen LogP contribution >= 0.6 is 11.8 Å². The van der Waals surface area contributed by atoms with E-state index in [4.69, 9.17) is 9.47 Å². The molecule has 1 aliphatic carbocycles. The van der Waals surface area contributed by atoms with Gasteiger partial charge in [0.25, 0.3) is 0 Å². The highest BCUT2D eigenvalue weighted by molar-refractivity contribution is 7.99. The average Bonchev–Trinajstić information content (AvgIpc) is 3.31. The molecule has 1 aliphatic heterocycles. The number of rotatable bonds is 10. The Morgan fingerprint density at radius 1 is 1.24 bits per heavy atom. The third kappa shape index (κ3) is 8.04. The van der Waals surface area contributed by atoms with Crippen LogP contribution in [0.3, 0.4) is 0 Å². The minimum Gasteiger partial charge on any atom is -0.490 e. The molecular weight excluding hydrogens is 563 g/mol. The number of halogens is 1. The molecule has 1 N–H and O–H groups in total. The van der Waals surface area contributed by atoms with Gasteiger partial charge < -0.3 is 14.6 Å². The minimum absolute atomic E-state index is 0.00683. The molecule has 0 amide bonds. The van der Waals surface area contributed by atoms with Crippen LogP contribution in [-0.4, -0.2) is 50.0 Å². The van der Waals surface area contributed by atoms with Crippen molar-refractivity contribution in [2.24, 2.45) is 0 Å². The predicted octanol–water partition coefficient (Wildman–Crippen LogP) is 7.05. The van der Waals surface area contributed by atoms with Crippen LogP contribution in [0.15, 0.2) is 59.5 Å². The lowest BCUT2D eigenvalue weighted by Gasteiger charge is -2.21. The maximum Gasteiger partial charge on any atom is 0.303 e. The molecule has 2 atom stereocenters. The lowest BCUT2D eigenvalue weighted by atomic mass is 9.88. The first-order chi connectivity index (χ1) is 19.4. The summed E-state index contributed by atoms with van der Waals surface area (Å²) in [6.45, 7) is 8.09. The molecule has 6 nitrogen and oxygen atoms in total. The van der Waals surface area contributed by atoms with Gasteiger partial charge in [0.2, 0.25) is 0 Å². The van der Waals surface area contributed by atoms with Gasteiger partial charge in [-0.1, -0.05) is 30.9 Å². The summed E-state index contributed by atoms with van der Waals surface area (Å²) < 4.78 is 50.1. The molecule has 2 aromatic rings. The zero-order valence-electron chi connectivity index (χ0n) is 23.7. The predicted molar refractivity (Wildman–Crippen MR) is 162 cm³/mol. The number of aryl methyl sites for hydroxylation is 1. The smallest absolute Gasteiger partial charge is 0.303 e. The van der Waals surface area contributed by atoms with Crippen molar-refractivity contribution in [1.29, 1.82) is 0 Å². The summed E-state index contributed by atoms with van der Waals surface area (Å²) in [5, 5.41) is 9.18. The van der Waals surface area contributed by atoms with Crippen LogP contribution in [0.5, 0.6) is 11.5 Å². The van der Waals surface area contributed by atoms with E-state index in [0.717, 1.165) is 50.7 Å². The van der Waals surface area contributed by atoms with Gasteiger partial charge in [-0.05, 0) is 84.7 Å². The van der Waals surface area contributed by atoms with Gasteiger partial charge in [-0.2, -0.15) is 0 Å². The van der Waals surface area contributed by atoms with E-state index < -0.39 is 21.6 Å². The molecule has 0 radical (unpaired) electrons. The highest BCUT2D eigenvalue weighted by Gasteiger charge is 2.26. The highest BCUT2D eigenvalue weighted by atomic mass is 32.2. The average molecular weight is 601 g/mol. The van der Waals surface area contributed by atoms with Crippen LogP contribution < -0.4 is 9.47 Å². The van der Waals surface area contributed by atoms with Gasteiger partial charge in [-0.25, -0.2) is 12.8 Å². The van der Waals surface area contributed by atoms with Crippen molar-refractivity contribution in [2.75, 3.05) is 24.4 Å². The molecule has 0 saturated carbocycles. The SMILES string of the molecule is C=C1CCC(Oc2ccc3c(c2)SC[C@H]3CC(=O)O)C/C=C\C=C1c1c(C)cc(OCCCS(C)(=O)=O)c(F)c1C. The lowest BCUT2D eigenvalue weighted by molar-refractivity contribution is -0.137. The fourth-order valence-electron chi connectivity index (χ4n) is 5.32. The van der Waals surface area contributed by atoms with Crippen LogP contribution in [0.25, 0.3) is 5.57 Å². The quantitative estimate of drug-likeness (QED) is 0.292. The topological polar surface area (TPSA) is 89.9 Å². The monoisotopic (exact) mass is 600 g/mol. The van der Waals surface area contributed by atoms with Crippen LogP contribution in [0.4, 0.5) is 4.39 Å². The van der Waals surface area contributed by atoms with Gasteiger partial charge in [-0.3, -0.25) is 4.79 Å². The second-order valence-corrected chi connectivity index (χ2v) is 14.1. The van der Waals surface area contributed by atoms with Crippen molar-refractivity contribution in [3.8, 4) is 11.5 Å². The molecule has 2 aromatic carbocycles. The second-order valence-electron chi connectivity index (χ2n) is 10.8. The Bertz CT molecular complexity index is 1490. The van der Waals surface area contributed by atoms with E-state index in [1.807, 2.05) is 37.3 Å². The zero-order chi connectivity index (χ0) is 29.7. The van der Waals surface area contributed by atoms with Gasteiger partial charge in [0, 0.05) is 29.2 Å². The minimum atomic E-state index is -3.10. The summed E-state index contributed by atoms with van der Waals surface area (Å²) in [7, 11) is -3.10. The number of thioether (sulfide) groups is 1. The summed E-state index contributed by atoms with van der Waals surface area (Å²) in [6, 6.07) is 7.59.